The molecule has 18 rings (SSSR count). The van der Waals surface area contributed by atoms with E-state index < -0.39 is 0 Å². The van der Waals surface area contributed by atoms with E-state index in [1.165, 1.54) is 109 Å². The number of hydrogen-bond acceptors (Lipinski definition) is 5. The van der Waals surface area contributed by atoms with Gasteiger partial charge >= 0.3 is 0 Å². The van der Waals surface area contributed by atoms with Crippen molar-refractivity contribution in [3.63, 3.8) is 0 Å². The highest BCUT2D eigenvalue weighted by Crippen LogP contribution is 2.71. The SMILES string of the molecule is c1ccc2c(c1)C(c1nc(-c3cccc4c3oc3ccccc34)nc(N3c4ccccc4C4(c5ccccc53)C3CC5CC(C3)CC4C5)n1)c1ccccc1C21C2CC3CC(C2)CC1C3. The first-order chi connectivity index (χ1) is 32.1. The van der Waals surface area contributed by atoms with Gasteiger partial charge in [-0.2, -0.15) is 9.97 Å². The number of rotatable bonds is 3. The molecule has 0 N–H and O–H groups in total. The lowest BCUT2D eigenvalue weighted by Crippen LogP contribution is -2.58. The van der Waals surface area contributed by atoms with Crippen LogP contribution >= 0.6 is 0 Å². The van der Waals surface area contributed by atoms with Crippen molar-refractivity contribution in [1.29, 1.82) is 0 Å². The zero-order valence-electron chi connectivity index (χ0n) is 36.7. The van der Waals surface area contributed by atoms with Gasteiger partial charge in [-0.05, 0) is 169 Å². The monoisotopic (exact) mass is 844 g/mol. The lowest BCUT2D eigenvalue weighted by molar-refractivity contribution is -0.0436. The van der Waals surface area contributed by atoms with E-state index in [2.05, 4.69) is 144 Å². The third-order valence-electron chi connectivity index (χ3n) is 19.2. The van der Waals surface area contributed by atoms with Crippen molar-refractivity contribution < 1.29 is 4.42 Å². The van der Waals surface area contributed by atoms with E-state index in [1.807, 2.05) is 0 Å². The molecule has 2 aromatic heterocycles. The number of hydrogen-bond donors (Lipinski definition) is 0. The second-order valence-electron chi connectivity index (χ2n) is 21.9. The van der Waals surface area contributed by atoms with Crippen LogP contribution < -0.4 is 4.90 Å². The van der Waals surface area contributed by atoms with Crippen LogP contribution in [0.25, 0.3) is 33.3 Å². The molecule has 0 amide bonds. The second-order valence-corrected chi connectivity index (χ2v) is 21.9. The normalized spacial score (nSPS) is 31.4. The number of fused-ring (bicyclic) bond motifs is 7. The van der Waals surface area contributed by atoms with Gasteiger partial charge in [0, 0.05) is 21.6 Å². The molecule has 8 aromatic rings. The molecule has 1 aliphatic heterocycles. The van der Waals surface area contributed by atoms with Crippen molar-refractivity contribution in [1.82, 2.24) is 15.0 Å². The Labute approximate surface area is 380 Å². The number of nitrogens with zero attached hydrogens (tertiary/aromatic N) is 4. The third-order valence-corrected chi connectivity index (χ3v) is 19.2. The van der Waals surface area contributed by atoms with Crippen molar-refractivity contribution in [2.24, 2.45) is 47.3 Å². The van der Waals surface area contributed by atoms with Crippen LogP contribution in [0.4, 0.5) is 17.3 Å². The predicted octanol–water partition coefficient (Wildman–Crippen LogP) is 14.2. The quantitative estimate of drug-likeness (QED) is 0.177. The zero-order valence-corrected chi connectivity index (χ0v) is 36.7. The summed E-state index contributed by atoms with van der Waals surface area (Å²) < 4.78 is 6.78. The summed E-state index contributed by atoms with van der Waals surface area (Å²) in [5, 5.41) is 2.19. The fourth-order valence-corrected chi connectivity index (χ4v) is 17.6. The highest BCUT2D eigenvalue weighted by atomic mass is 16.3. The van der Waals surface area contributed by atoms with Gasteiger partial charge in [-0.15, -0.1) is 0 Å². The van der Waals surface area contributed by atoms with E-state index in [9.17, 15) is 0 Å². The van der Waals surface area contributed by atoms with Gasteiger partial charge < -0.3 is 4.42 Å². The molecular formula is C60H52N4O. The van der Waals surface area contributed by atoms with E-state index in [0.717, 1.165) is 57.0 Å². The molecule has 10 aliphatic rings. The van der Waals surface area contributed by atoms with Gasteiger partial charge in [0.25, 0.3) is 0 Å². The fourth-order valence-electron chi connectivity index (χ4n) is 17.6. The standard InChI is InChI=1S/C60H52N4O/c1-4-17-47-44(13-1)54(45-14-2-5-18-48(45)59(47)38-26-34-24-35(28-38)29-39(59)27-34)57-61-56(46-16-11-15-43-42-12-3-10-23-53(42)65-55(43)46)62-58(63-57)64-51-21-8-6-19-49(51)60(50-20-7-9-22-52(50)64)40-30-36-25-37(32-40)33-41(60)31-36/h1-23,34-41,54H,24-33H2. The van der Waals surface area contributed by atoms with E-state index in [-0.39, 0.29) is 16.7 Å². The lowest BCUT2D eigenvalue weighted by atomic mass is 9.40. The summed E-state index contributed by atoms with van der Waals surface area (Å²) in [6.45, 7) is 0. The van der Waals surface area contributed by atoms with Crippen molar-refractivity contribution in [2.45, 2.75) is 81.0 Å². The minimum Gasteiger partial charge on any atom is -0.455 e. The Balaban J connectivity index is 0.959. The molecule has 8 fully saturated rings. The Morgan fingerprint density at radius 2 is 0.908 bits per heavy atom. The average Bonchev–Trinajstić information content (AvgIpc) is 3.72. The fraction of sp³-hybridized carbons (Fsp3) is 0.350. The molecule has 3 heterocycles. The molecule has 9 aliphatic carbocycles. The van der Waals surface area contributed by atoms with Gasteiger partial charge in [-0.1, -0.05) is 115 Å². The first-order valence-corrected chi connectivity index (χ1v) is 25.0. The molecule has 6 aromatic carbocycles. The summed E-state index contributed by atoms with van der Waals surface area (Å²) in [7, 11) is 0. The molecule has 0 saturated heterocycles. The van der Waals surface area contributed by atoms with Crippen LogP contribution in [0.2, 0.25) is 0 Å². The van der Waals surface area contributed by atoms with Gasteiger partial charge in [0.2, 0.25) is 5.95 Å². The summed E-state index contributed by atoms with van der Waals surface area (Å²) in [6, 6.07) is 52.6. The number of para-hydroxylation sites is 4. The first-order valence-electron chi connectivity index (χ1n) is 25.0. The molecule has 0 unspecified atom stereocenters. The maximum absolute atomic E-state index is 6.78. The smallest absolute Gasteiger partial charge is 0.238 e. The maximum Gasteiger partial charge on any atom is 0.238 e. The average molecular weight is 845 g/mol. The summed E-state index contributed by atoms with van der Waals surface area (Å²) in [5.41, 5.74) is 13.8. The highest BCUT2D eigenvalue weighted by Gasteiger charge is 2.63. The van der Waals surface area contributed by atoms with E-state index in [4.69, 9.17) is 19.4 Å². The summed E-state index contributed by atoms with van der Waals surface area (Å²) in [6.07, 6.45) is 13.6. The Morgan fingerprint density at radius 1 is 0.431 bits per heavy atom. The van der Waals surface area contributed by atoms with Crippen LogP contribution in [-0.4, -0.2) is 15.0 Å². The molecule has 8 bridgehead atoms. The number of benzene rings is 6. The number of anilines is 3. The molecular weight excluding hydrogens is 793 g/mol. The first kappa shape index (κ1) is 36.2. The molecule has 5 heteroatoms. The number of aromatic nitrogens is 3. The molecule has 0 radical (unpaired) electrons. The summed E-state index contributed by atoms with van der Waals surface area (Å²) >= 11 is 0. The minimum atomic E-state index is -0.161. The Hall–Kier alpha value is -6.07. The van der Waals surface area contributed by atoms with Crippen molar-refractivity contribution in [3.05, 3.63) is 179 Å². The molecule has 5 nitrogen and oxygen atoms in total. The maximum atomic E-state index is 6.78. The lowest BCUT2D eigenvalue weighted by Gasteiger charge is -2.64. The van der Waals surface area contributed by atoms with Crippen molar-refractivity contribution >= 4 is 39.3 Å². The second kappa shape index (κ2) is 12.8. The van der Waals surface area contributed by atoms with Gasteiger partial charge in [-0.3, -0.25) is 4.90 Å². The van der Waals surface area contributed by atoms with Crippen LogP contribution in [0, 0.1) is 47.3 Å². The van der Waals surface area contributed by atoms with Gasteiger partial charge in [0.05, 0.1) is 22.9 Å². The third kappa shape index (κ3) is 4.58. The largest absolute Gasteiger partial charge is 0.455 e. The van der Waals surface area contributed by atoms with Crippen LogP contribution in [0.15, 0.2) is 144 Å². The molecule has 0 atom stereocenters. The highest BCUT2D eigenvalue weighted by molar-refractivity contribution is 6.09. The van der Waals surface area contributed by atoms with Crippen LogP contribution in [0.1, 0.15) is 109 Å². The Morgan fingerprint density at radius 3 is 1.49 bits per heavy atom. The summed E-state index contributed by atoms with van der Waals surface area (Å²) in [4.78, 5) is 19.6. The van der Waals surface area contributed by atoms with E-state index in [1.54, 1.807) is 0 Å². The van der Waals surface area contributed by atoms with Crippen LogP contribution in [0.5, 0.6) is 0 Å². The van der Waals surface area contributed by atoms with Gasteiger partial charge in [-0.25, -0.2) is 4.98 Å². The van der Waals surface area contributed by atoms with Crippen molar-refractivity contribution in [3.8, 4) is 11.4 Å². The minimum absolute atomic E-state index is 0.0100. The van der Waals surface area contributed by atoms with Crippen LogP contribution in [0.3, 0.4) is 0 Å². The number of furan rings is 1. The Kier molecular flexibility index (Phi) is 7.15. The summed E-state index contributed by atoms with van der Waals surface area (Å²) in [5.74, 6) is 8.10. The Bertz CT molecular complexity index is 2990. The zero-order chi connectivity index (χ0) is 42.2. The molecule has 8 saturated carbocycles. The molecule has 65 heavy (non-hydrogen) atoms. The van der Waals surface area contributed by atoms with E-state index in [0.29, 0.717) is 35.4 Å². The van der Waals surface area contributed by atoms with Crippen molar-refractivity contribution in [2.75, 3.05) is 4.90 Å². The van der Waals surface area contributed by atoms with Crippen LogP contribution in [-0.2, 0) is 10.8 Å². The molecule has 2 spiro atoms. The van der Waals surface area contributed by atoms with Gasteiger partial charge in [0.15, 0.2) is 5.82 Å². The predicted molar refractivity (Wildman–Crippen MR) is 257 cm³/mol. The van der Waals surface area contributed by atoms with Gasteiger partial charge in [0.1, 0.15) is 17.0 Å². The molecule has 318 valence electrons. The van der Waals surface area contributed by atoms with E-state index >= 15 is 0 Å². The topological polar surface area (TPSA) is 55.1 Å².